The summed E-state index contributed by atoms with van der Waals surface area (Å²) in [6.07, 6.45) is 3.69. The molecule has 1 aromatic rings. The first-order valence-electron chi connectivity index (χ1n) is 7.60. The summed E-state index contributed by atoms with van der Waals surface area (Å²) in [6.45, 7) is 0.932. The lowest BCUT2D eigenvalue weighted by molar-refractivity contribution is -0.126. The lowest BCUT2D eigenvalue weighted by Gasteiger charge is -2.43. The summed E-state index contributed by atoms with van der Waals surface area (Å²) in [5, 5.41) is 5.28. The van der Waals surface area contributed by atoms with Crippen LogP contribution in [-0.2, 0) is 11.3 Å². The summed E-state index contributed by atoms with van der Waals surface area (Å²) in [5.74, 6) is -0.135. The number of hydrogen-bond acceptors (Lipinski definition) is 3. The number of hydrogen-bond donors (Lipinski definition) is 2. The predicted molar refractivity (Wildman–Crippen MR) is 77.4 cm³/mol. The van der Waals surface area contributed by atoms with Crippen molar-refractivity contribution in [2.75, 3.05) is 0 Å². The minimum absolute atomic E-state index is 0.135. The van der Waals surface area contributed by atoms with Gasteiger partial charge >= 0.3 is 6.03 Å². The summed E-state index contributed by atoms with van der Waals surface area (Å²) >= 11 is 0. The van der Waals surface area contributed by atoms with E-state index in [9.17, 15) is 9.59 Å². The second kappa shape index (κ2) is 4.56. The highest BCUT2D eigenvalue weighted by Crippen LogP contribution is 2.42. The highest BCUT2D eigenvalue weighted by Gasteiger charge is 2.55. The molecule has 4 rings (SSSR count). The molecule has 3 aliphatic heterocycles. The van der Waals surface area contributed by atoms with Gasteiger partial charge in [0.05, 0.1) is 0 Å². The van der Waals surface area contributed by atoms with E-state index in [1.165, 1.54) is 5.56 Å². The smallest absolute Gasteiger partial charge is 0.322 e. The van der Waals surface area contributed by atoms with Gasteiger partial charge in [0, 0.05) is 18.6 Å². The maximum Gasteiger partial charge on any atom is 0.322 e. The van der Waals surface area contributed by atoms with Gasteiger partial charge in [0.1, 0.15) is 5.54 Å². The molecule has 2 atom stereocenters. The Morgan fingerprint density at radius 3 is 2.33 bits per heavy atom. The Bertz CT molecular complexity index is 572. The van der Waals surface area contributed by atoms with Crippen molar-refractivity contribution in [2.45, 2.75) is 49.9 Å². The third-order valence-corrected chi connectivity index (χ3v) is 5.16. The third-order valence-electron chi connectivity index (χ3n) is 5.16. The SMILES string of the molecule is O=C1NC(=O)C2(CC3CCC(C2)N3Cc2ccccc2)N1. The highest BCUT2D eigenvalue weighted by atomic mass is 16.2. The van der Waals surface area contributed by atoms with Crippen molar-refractivity contribution in [1.82, 2.24) is 15.5 Å². The lowest BCUT2D eigenvalue weighted by atomic mass is 9.82. The van der Waals surface area contributed by atoms with Gasteiger partial charge in [-0.3, -0.25) is 15.0 Å². The van der Waals surface area contributed by atoms with Gasteiger partial charge in [-0.25, -0.2) is 4.79 Å². The molecule has 110 valence electrons. The fraction of sp³-hybridized carbons (Fsp3) is 0.500. The van der Waals surface area contributed by atoms with Gasteiger partial charge in [0.2, 0.25) is 0 Å². The summed E-state index contributed by atoms with van der Waals surface area (Å²) in [5.41, 5.74) is 0.654. The van der Waals surface area contributed by atoms with Crippen LogP contribution in [0, 0.1) is 0 Å². The molecule has 1 spiro atoms. The van der Waals surface area contributed by atoms with Gasteiger partial charge in [-0.1, -0.05) is 30.3 Å². The molecule has 21 heavy (non-hydrogen) atoms. The second-order valence-corrected chi connectivity index (χ2v) is 6.44. The fourth-order valence-corrected chi connectivity index (χ4v) is 4.21. The molecule has 3 saturated heterocycles. The zero-order valence-corrected chi connectivity index (χ0v) is 11.8. The van der Waals surface area contributed by atoms with Gasteiger partial charge in [-0.2, -0.15) is 0 Å². The summed E-state index contributed by atoms with van der Waals surface area (Å²) < 4.78 is 0. The molecular formula is C16H19N3O2. The molecule has 1 aromatic carbocycles. The quantitative estimate of drug-likeness (QED) is 0.807. The van der Waals surface area contributed by atoms with Gasteiger partial charge < -0.3 is 5.32 Å². The van der Waals surface area contributed by atoms with Crippen molar-refractivity contribution in [3.05, 3.63) is 35.9 Å². The lowest BCUT2D eigenvalue weighted by Crippen LogP contribution is -2.58. The minimum Gasteiger partial charge on any atom is -0.323 e. The molecule has 5 nitrogen and oxygen atoms in total. The van der Waals surface area contributed by atoms with E-state index in [1.807, 2.05) is 6.07 Å². The van der Waals surface area contributed by atoms with Crippen LogP contribution >= 0.6 is 0 Å². The standard InChI is InChI=1S/C16H19N3O2/c20-14-16(18-15(21)17-14)8-12-6-7-13(9-16)19(12)10-11-4-2-1-3-5-11/h1-5,12-13H,6-10H2,(H2,17,18,20,21). The average molecular weight is 285 g/mol. The zero-order valence-electron chi connectivity index (χ0n) is 11.8. The first-order valence-corrected chi connectivity index (χ1v) is 7.60. The Balaban J connectivity index is 1.54. The molecule has 2 bridgehead atoms. The molecule has 2 unspecified atom stereocenters. The number of amides is 3. The molecule has 3 aliphatic rings. The normalized spacial score (nSPS) is 35.0. The number of fused-ring (bicyclic) bond motifs is 2. The maximum absolute atomic E-state index is 12.1. The molecule has 3 amide bonds. The minimum atomic E-state index is -0.657. The van der Waals surface area contributed by atoms with E-state index < -0.39 is 5.54 Å². The van der Waals surface area contributed by atoms with E-state index in [1.54, 1.807) is 0 Å². The van der Waals surface area contributed by atoms with Crippen LogP contribution in [-0.4, -0.2) is 34.5 Å². The van der Waals surface area contributed by atoms with Crippen LogP contribution in [0.1, 0.15) is 31.2 Å². The summed E-state index contributed by atoms with van der Waals surface area (Å²) in [4.78, 5) is 26.1. The maximum atomic E-state index is 12.1. The Hall–Kier alpha value is -1.88. The molecule has 3 fully saturated rings. The molecular weight excluding hydrogens is 266 g/mol. The molecule has 0 radical (unpaired) electrons. The van der Waals surface area contributed by atoms with Crippen LogP contribution < -0.4 is 10.6 Å². The van der Waals surface area contributed by atoms with E-state index in [4.69, 9.17) is 0 Å². The number of nitrogens with zero attached hydrogens (tertiary/aromatic N) is 1. The number of carbonyl (C=O) groups excluding carboxylic acids is 2. The molecule has 2 N–H and O–H groups in total. The van der Waals surface area contributed by atoms with Crippen molar-refractivity contribution in [1.29, 1.82) is 0 Å². The van der Waals surface area contributed by atoms with Gasteiger partial charge in [0.15, 0.2) is 0 Å². The van der Waals surface area contributed by atoms with Crippen LogP contribution in [0.4, 0.5) is 4.79 Å². The largest absolute Gasteiger partial charge is 0.323 e. The second-order valence-electron chi connectivity index (χ2n) is 6.44. The van der Waals surface area contributed by atoms with E-state index in [-0.39, 0.29) is 11.9 Å². The number of rotatable bonds is 2. The van der Waals surface area contributed by atoms with Crippen LogP contribution in [0.15, 0.2) is 30.3 Å². The molecule has 0 aliphatic carbocycles. The van der Waals surface area contributed by atoms with Crippen molar-refractivity contribution in [2.24, 2.45) is 0 Å². The van der Waals surface area contributed by atoms with Crippen molar-refractivity contribution >= 4 is 11.9 Å². The summed E-state index contributed by atoms with van der Waals surface area (Å²) in [7, 11) is 0. The van der Waals surface area contributed by atoms with Crippen LogP contribution in [0.25, 0.3) is 0 Å². The Morgan fingerprint density at radius 1 is 1.10 bits per heavy atom. The van der Waals surface area contributed by atoms with Crippen molar-refractivity contribution in [3.63, 3.8) is 0 Å². The van der Waals surface area contributed by atoms with E-state index >= 15 is 0 Å². The van der Waals surface area contributed by atoms with Gasteiger partial charge in [-0.05, 0) is 31.2 Å². The van der Waals surface area contributed by atoms with Gasteiger partial charge in [0.25, 0.3) is 5.91 Å². The number of imide groups is 1. The van der Waals surface area contributed by atoms with Crippen LogP contribution in [0.5, 0.6) is 0 Å². The number of piperidine rings is 1. The molecule has 3 heterocycles. The van der Waals surface area contributed by atoms with Crippen molar-refractivity contribution in [3.8, 4) is 0 Å². The topological polar surface area (TPSA) is 61.4 Å². The Kier molecular flexibility index (Phi) is 2.79. The predicted octanol–water partition coefficient (Wildman–Crippen LogP) is 1.39. The molecule has 5 heteroatoms. The van der Waals surface area contributed by atoms with E-state index in [0.717, 1.165) is 32.2 Å². The Morgan fingerprint density at radius 2 is 1.76 bits per heavy atom. The first-order chi connectivity index (χ1) is 10.2. The van der Waals surface area contributed by atoms with Gasteiger partial charge in [-0.15, -0.1) is 0 Å². The first kappa shape index (κ1) is 12.8. The number of benzene rings is 1. The average Bonchev–Trinajstić information content (AvgIpc) is 2.86. The third kappa shape index (κ3) is 2.03. The molecule has 0 aromatic heterocycles. The van der Waals surface area contributed by atoms with Crippen LogP contribution in [0.3, 0.4) is 0 Å². The zero-order chi connectivity index (χ0) is 14.4. The summed E-state index contributed by atoms with van der Waals surface area (Å²) in [6, 6.07) is 10.9. The van der Waals surface area contributed by atoms with E-state index in [0.29, 0.717) is 12.1 Å². The number of nitrogens with one attached hydrogen (secondary N) is 2. The monoisotopic (exact) mass is 285 g/mol. The Labute approximate surface area is 123 Å². The highest BCUT2D eigenvalue weighted by molar-refractivity contribution is 6.07. The van der Waals surface area contributed by atoms with Crippen LogP contribution in [0.2, 0.25) is 0 Å². The number of carbonyl (C=O) groups is 2. The molecule has 0 saturated carbocycles. The number of urea groups is 1. The van der Waals surface area contributed by atoms with E-state index in [2.05, 4.69) is 39.8 Å². The fourth-order valence-electron chi connectivity index (χ4n) is 4.21. The van der Waals surface area contributed by atoms with Crippen molar-refractivity contribution < 1.29 is 9.59 Å².